The minimum Gasteiger partial charge on any atom is -0.0602 e. The smallest absolute Gasteiger partial charge is 0.0602 e. The number of thiophene rings is 1. The zero-order valence-electron chi connectivity index (χ0n) is 31.3. The predicted octanol–water partition coefficient (Wildman–Crippen LogP) is 15.3. The summed E-state index contributed by atoms with van der Waals surface area (Å²) >= 11 is 2.24. The van der Waals surface area contributed by atoms with Crippen molar-refractivity contribution in [2.24, 2.45) is 0 Å². The number of aromatic nitrogens is 1. The molecule has 3 aromatic heterocycles. The van der Waals surface area contributed by atoms with Gasteiger partial charge in [-0.2, -0.15) is 0 Å². The Balaban J connectivity index is 0.974. The van der Waals surface area contributed by atoms with E-state index in [0.717, 1.165) is 11.4 Å². The van der Waals surface area contributed by atoms with Gasteiger partial charge in [-0.3, -0.25) is 0 Å². The van der Waals surface area contributed by atoms with Gasteiger partial charge in [0.2, 0.25) is 0 Å². The maximum atomic E-state index is 2.43. The second kappa shape index (κ2) is 13.5. The Morgan fingerprint density at radius 2 is 0.966 bits per heavy atom. The fourth-order valence-corrected chi connectivity index (χ4v) is 12.3. The third-order valence-corrected chi connectivity index (χ3v) is 15.2. The Labute approximate surface area is 345 Å². The van der Waals surface area contributed by atoms with E-state index in [1.807, 2.05) is 11.3 Å². The molecule has 0 aliphatic rings. The molecular weight excluding hydrogens is 788 g/mol. The molecule has 9 aromatic carbocycles. The number of rotatable bonds is 6. The van der Waals surface area contributed by atoms with Gasteiger partial charge in [0.05, 0.1) is 11.0 Å². The van der Waals surface area contributed by atoms with Crippen LogP contribution in [0.2, 0.25) is 0 Å². The van der Waals surface area contributed by atoms with Crippen LogP contribution in [0.1, 0.15) is 0 Å². The number of nitrogens with zero attached hydrogens (tertiary/aromatic N) is 2. The van der Waals surface area contributed by atoms with Crippen LogP contribution in [-0.2, 0) is 0 Å². The number of hydrogen-bond acceptors (Lipinski definition) is 2. The number of hydrogen-bond donors (Lipinski definition) is 0. The second-order valence-corrected chi connectivity index (χ2v) is 18.2. The molecule has 0 saturated carbocycles. The van der Waals surface area contributed by atoms with E-state index in [9.17, 15) is 0 Å². The quantitative estimate of drug-likeness (QED) is 0.152. The van der Waals surface area contributed by atoms with E-state index < -0.39 is 0 Å². The fourth-order valence-electron chi connectivity index (χ4n) is 8.85. The summed E-state index contributed by atoms with van der Waals surface area (Å²) in [7, 11) is 0. The predicted molar refractivity (Wildman–Crippen MR) is 251 cm³/mol. The van der Waals surface area contributed by atoms with Crippen LogP contribution in [0.3, 0.4) is 0 Å². The first-order chi connectivity index (χ1) is 28.7. The second-order valence-electron chi connectivity index (χ2n) is 14.9. The Bertz CT molecular complexity index is 3500. The van der Waals surface area contributed by atoms with E-state index in [4.69, 9.17) is 0 Å². The fraction of sp³-hybridized carbons (Fsp3) is 0. The van der Waals surface area contributed by atoms with E-state index in [2.05, 4.69) is 216 Å². The van der Waals surface area contributed by atoms with Crippen LogP contribution < -0.4 is 4.90 Å². The van der Waals surface area contributed by atoms with Crippen LogP contribution in [0.4, 0.5) is 17.1 Å². The summed E-state index contributed by atoms with van der Waals surface area (Å²) in [6.07, 6.45) is 0. The molecule has 0 aliphatic carbocycles. The molecule has 0 unspecified atom stereocenters. The molecule has 0 spiro atoms. The molecule has 2 nitrogen and oxygen atoms in total. The van der Waals surface area contributed by atoms with Crippen LogP contribution in [0.5, 0.6) is 0 Å². The van der Waals surface area contributed by atoms with Crippen molar-refractivity contribution in [3.05, 3.63) is 206 Å². The molecule has 0 radical (unpaired) electrons. The van der Waals surface area contributed by atoms with Crippen molar-refractivity contribution in [3.63, 3.8) is 0 Å². The van der Waals surface area contributed by atoms with Crippen LogP contribution in [0.15, 0.2) is 206 Å². The zero-order chi connectivity index (χ0) is 38.2. The van der Waals surface area contributed by atoms with Gasteiger partial charge in [-0.05, 0) is 41.5 Å². The SMILES string of the molecule is c1ccc(-n2c3ccccc3c3ccc(-c4ccc(N(c5ccc(-c6ccc7[se]c8ccccc8c7c6)cc5)c5cccc6c5sc5ccccc56)cc4)cc32)cc1. The summed E-state index contributed by atoms with van der Waals surface area (Å²) in [6.45, 7) is 0. The van der Waals surface area contributed by atoms with Crippen molar-refractivity contribution < 1.29 is 0 Å². The van der Waals surface area contributed by atoms with Crippen molar-refractivity contribution in [3.8, 4) is 27.9 Å². The molecule has 58 heavy (non-hydrogen) atoms. The molecule has 272 valence electrons. The van der Waals surface area contributed by atoms with Crippen molar-refractivity contribution in [2.75, 3.05) is 4.90 Å². The number of para-hydroxylation sites is 2. The minimum absolute atomic E-state index is 0.368. The third kappa shape index (κ3) is 5.38. The van der Waals surface area contributed by atoms with Gasteiger partial charge in [-0.1, -0.05) is 72.8 Å². The number of benzene rings is 9. The molecular formula is C54H34N2SSe. The first-order valence-corrected chi connectivity index (χ1v) is 22.2. The van der Waals surface area contributed by atoms with Gasteiger partial charge in [0, 0.05) is 26.5 Å². The normalized spacial score (nSPS) is 11.8. The Morgan fingerprint density at radius 1 is 0.379 bits per heavy atom. The van der Waals surface area contributed by atoms with Crippen LogP contribution >= 0.6 is 11.3 Å². The van der Waals surface area contributed by atoms with Gasteiger partial charge in [0.15, 0.2) is 0 Å². The summed E-state index contributed by atoms with van der Waals surface area (Å²) in [6, 6.07) is 76.0. The standard InChI is InChI=1S/C54H34N2SSe/c1-2-11-39(12-3-1)56-48-17-7-4-13-42(48)43-31-25-38(34-50(43)56)36-23-29-41(30-24-36)55(49-18-10-16-46-44-14-5-8-19-51(44)57-54(46)49)40-27-21-35(22-28-40)37-26-32-53-47(33-37)45-15-6-9-20-52(45)58-53/h1-34H. The molecule has 12 rings (SSSR count). The van der Waals surface area contributed by atoms with Gasteiger partial charge in [0.25, 0.3) is 0 Å². The van der Waals surface area contributed by atoms with E-state index in [1.165, 1.54) is 94.9 Å². The van der Waals surface area contributed by atoms with Crippen molar-refractivity contribution in [1.82, 2.24) is 4.57 Å². The molecule has 0 amide bonds. The Morgan fingerprint density at radius 3 is 1.76 bits per heavy atom. The van der Waals surface area contributed by atoms with Crippen LogP contribution in [-0.4, -0.2) is 19.1 Å². The number of anilines is 3. The van der Waals surface area contributed by atoms with Gasteiger partial charge < -0.3 is 4.57 Å². The third-order valence-electron chi connectivity index (χ3n) is 11.6. The van der Waals surface area contributed by atoms with E-state index in [0.29, 0.717) is 14.5 Å². The van der Waals surface area contributed by atoms with E-state index in [-0.39, 0.29) is 0 Å². The van der Waals surface area contributed by atoms with Gasteiger partial charge >= 0.3 is 191 Å². The molecule has 0 fully saturated rings. The van der Waals surface area contributed by atoms with Crippen LogP contribution in [0.25, 0.3) is 89.2 Å². The zero-order valence-corrected chi connectivity index (χ0v) is 33.9. The summed E-state index contributed by atoms with van der Waals surface area (Å²) in [5.74, 6) is 0. The van der Waals surface area contributed by atoms with Gasteiger partial charge in [-0.15, -0.1) is 0 Å². The van der Waals surface area contributed by atoms with Crippen molar-refractivity contribution >= 4 is 104 Å². The topological polar surface area (TPSA) is 8.17 Å². The molecule has 0 atom stereocenters. The minimum atomic E-state index is 0.368. The van der Waals surface area contributed by atoms with Crippen molar-refractivity contribution in [1.29, 1.82) is 0 Å². The average molecular weight is 822 g/mol. The molecule has 0 bridgehead atoms. The Hall–Kier alpha value is -6.68. The molecule has 4 heteroatoms. The molecule has 0 saturated heterocycles. The van der Waals surface area contributed by atoms with Gasteiger partial charge in [0.1, 0.15) is 0 Å². The molecule has 3 heterocycles. The Kier molecular flexibility index (Phi) is 7.77. The monoisotopic (exact) mass is 822 g/mol. The van der Waals surface area contributed by atoms with Gasteiger partial charge in [-0.25, -0.2) is 0 Å². The van der Waals surface area contributed by atoms with E-state index in [1.54, 1.807) is 0 Å². The molecule has 0 aliphatic heterocycles. The summed E-state index contributed by atoms with van der Waals surface area (Å²) in [5, 5.41) is 7.90. The van der Waals surface area contributed by atoms with Crippen molar-refractivity contribution in [2.45, 2.75) is 0 Å². The van der Waals surface area contributed by atoms with E-state index >= 15 is 0 Å². The molecule has 0 N–H and O–H groups in total. The first-order valence-electron chi connectivity index (χ1n) is 19.7. The number of fused-ring (bicyclic) bond motifs is 9. The first kappa shape index (κ1) is 33.5. The summed E-state index contributed by atoms with van der Waals surface area (Å²) in [5.41, 5.74) is 11.9. The summed E-state index contributed by atoms with van der Waals surface area (Å²) < 4.78 is 7.93. The van der Waals surface area contributed by atoms with Crippen LogP contribution in [0, 0.1) is 0 Å². The molecule has 12 aromatic rings. The average Bonchev–Trinajstić information content (AvgIpc) is 3.97. The summed E-state index contributed by atoms with van der Waals surface area (Å²) in [4.78, 5) is 2.43. The maximum absolute atomic E-state index is 2.43.